The Morgan fingerprint density at radius 1 is 1.41 bits per heavy atom. The minimum atomic E-state index is -0.609. The minimum absolute atomic E-state index is 0.107. The summed E-state index contributed by atoms with van der Waals surface area (Å²) < 4.78 is 19.2. The Bertz CT molecular complexity index is 708. The van der Waals surface area contributed by atoms with Gasteiger partial charge in [0, 0.05) is 23.5 Å². The van der Waals surface area contributed by atoms with Gasteiger partial charge in [0.05, 0.1) is 18.8 Å². The second kappa shape index (κ2) is 5.57. The number of anilines is 2. The smallest absolute Gasteiger partial charge is 0.414 e. The van der Waals surface area contributed by atoms with E-state index in [1.807, 2.05) is 0 Å². The van der Waals surface area contributed by atoms with E-state index in [-0.39, 0.29) is 19.1 Å². The molecule has 1 amide bonds. The zero-order chi connectivity index (χ0) is 15.7. The summed E-state index contributed by atoms with van der Waals surface area (Å²) in [5.41, 5.74) is 6.54. The van der Waals surface area contributed by atoms with Crippen LogP contribution in [0.3, 0.4) is 0 Å². The zero-order valence-corrected chi connectivity index (χ0v) is 11.4. The van der Waals surface area contributed by atoms with E-state index in [2.05, 4.69) is 9.97 Å². The second-order valence-corrected chi connectivity index (χ2v) is 4.79. The molecule has 0 unspecified atom stereocenters. The van der Waals surface area contributed by atoms with Crippen LogP contribution < -0.4 is 10.6 Å². The summed E-state index contributed by atoms with van der Waals surface area (Å²) in [4.78, 5) is 20.6. The van der Waals surface area contributed by atoms with Crippen LogP contribution in [0.4, 0.5) is 20.8 Å². The topological polar surface area (TPSA) is 102 Å². The lowest BCUT2D eigenvalue weighted by Gasteiger charge is -2.14. The fourth-order valence-corrected chi connectivity index (χ4v) is 2.21. The van der Waals surface area contributed by atoms with Crippen LogP contribution in [-0.4, -0.2) is 40.4 Å². The molecule has 1 fully saturated rings. The van der Waals surface area contributed by atoms with Gasteiger partial charge >= 0.3 is 6.09 Å². The molecule has 0 bridgehead atoms. The molecule has 2 heterocycles. The molecule has 22 heavy (non-hydrogen) atoms. The molecule has 0 radical (unpaired) electrons. The van der Waals surface area contributed by atoms with E-state index in [9.17, 15) is 9.18 Å². The Morgan fingerprint density at radius 2 is 2.14 bits per heavy atom. The molecule has 3 N–H and O–H groups in total. The first-order valence-corrected chi connectivity index (χ1v) is 6.55. The number of nitrogens with two attached hydrogens (primary N) is 1. The molecule has 1 atom stereocenters. The summed E-state index contributed by atoms with van der Waals surface area (Å²) in [6.07, 6.45) is 1.64. The number of aromatic nitrogens is 2. The Kier molecular flexibility index (Phi) is 3.60. The number of rotatable bonds is 3. The number of aliphatic hydroxyl groups excluding tert-OH is 1. The summed E-state index contributed by atoms with van der Waals surface area (Å²) in [6.45, 7) is -0.0926. The van der Waals surface area contributed by atoms with E-state index in [0.29, 0.717) is 16.8 Å². The van der Waals surface area contributed by atoms with Crippen molar-refractivity contribution >= 4 is 17.7 Å². The molecule has 1 aromatic carbocycles. The molecule has 114 valence electrons. The van der Waals surface area contributed by atoms with Gasteiger partial charge in [-0.05, 0) is 18.2 Å². The van der Waals surface area contributed by atoms with Crippen LogP contribution in [0.2, 0.25) is 0 Å². The number of hydrogen-bond donors (Lipinski definition) is 2. The maximum Gasteiger partial charge on any atom is 0.414 e. The summed E-state index contributed by atoms with van der Waals surface area (Å²) in [6, 6.07) is 4.35. The van der Waals surface area contributed by atoms with Crippen molar-refractivity contribution in [2.75, 3.05) is 23.8 Å². The number of aliphatic hydroxyl groups is 1. The molecule has 1 aromatic heterocycles. The molecule has 7 nitrogen and oxygen atoms in total. The number of amides is 1. The van der Waals surface area contributed by atoms with E-state index in [1.54, 1.807) is 6.07 Å². The molecule has 0 aliphatic carbocycles. The van der Waals surface area contributed by atoms with E-state index in [1.165, 1.54) is 29.4 Å². The SMILES string of the molecule is Nc1ncc(-c2ccc(N3C[C@H](CO)OC3=O)cc2F)cn1. The average Bonchev–Trinajstić information content (AvgIpc) is 2.89. The molecule has 8 heteroatoms. The van der Waals surface area contributed by atoms with Crippen molar-refractivity contribution in [3.63, 3.8) is 0 Å². The van der Waals surface area contributed by atoms with Crippen molar-refractivity contribution in [1.29, 1.82) is 0 Å². The van der Waals surface area contributed by atoms with Gasteiger partial charge in [-0.1, -0.05) is 0 Å². The zero-order valence-electron chi connectivity index (χ0n) is 11.4. The summed E-state index contributed by atoms with van der Waals surface area (Å²) in [5.74, 6) is -0.415. The van der Waals surface area contributed by atoms with Crippen LogP contribution in [0, 0.1) is 5.82 Å². The Balaban J connectivity index is 1.89. The molecule has 1 saturated heterocycles. The summed E-state index contributed by atoms with van der Waals surface area (Å²) in [5, 5.41) is 9.02. The number of benzene rings is 1. The molecule has 2 aromatic rings. The highest BCUT2D eigenvalue weighted by Crippen LogP contribution is 2.28. The van der Waals surface area contributed by atoms with Crippen LogP contribution in [0.25, 0.3) is 11.1 Å². The Hall–Kier alpha value is -2.74. The van der Waals surface area contributed by atoms with Crippen LogP contribution in [0.15, 0.2) is 30.6 Å². The van der Waals surface area contributed by atoms with Crippen molar-refractivity contribution in [3.05, 3.63) is 36.4 Å². The van der Waals surface area contributed by atoms with Crippen molar-refractivity contribution in [2.24, 2.45) is 0 Å². The third kappa shape index (κ3) is 2.56. The number of nitrogen functional groups attached to an aromatic ring is 1. The quantitative estimate of drug-likeness (QED) is 0.883. The third-order valence-corrected chi connectivity index (χ3v) is 3.32. The standard InChI is InChI=1S/C14H13FN4O3/c15-12-3-9(19-6-10(7-20)22-14(19)21)1-2-11(12)8-4-17-13(16)18-5-8/h1-5,10,20H,6-7H2,(H2,16,17,18)/t10-/m1/s1. The van der Waals surface area contributed by atoms with Gasteiger partial charge < -0.3 is 15.6 Å². The fourth-order valence-electron chi connectivity index (χ4n) is 2.21. The van der Waals surface area contributed by atoms with E-state index in [0.717, 1.165) is 0 Å². The maximum atomic E-state index is 14.3. The van der Waals surface area contributed by atoms with Crippen molar-refractivity contribution in [2.45, 2.75) is 6.10 Å². The number of halogens is 1. The molecule has 0 saturated carbocycles. The van der Waals surface area contributed by atoms with Crippen molar-refractivity contribution in [3.8, 4) is 11.1 Å². The van der Waals surface area contributed by atoms with Crippen molar-refractivity contribution < 1.29 is 19.0 Å². The fraction of sp³-hybridized carbons (Fsp3) is 0.214. The monoisotopic (exact) mass is 304 g/mol. The van der Waals surface area contributed by atoms with Crippen LogP contribution >= 0.6 is 0 Å². The van der Waals surface area contributed by atoms with Crippen LogP contribution in [0.1, 0.15) is 0 Å². The number of nitrogens with zero attached hydrogens (tertiary/aromatic N) is 3. The first-order valence-electron chi connectivity index (χ1n) is 6.55. The molecule has 3 rings (SSSR count). The minimum Gasteiger partial charge on any atom is -0.441 e. The van der Waals surface area contributed by atoms with Gasteiger partial charge in [0.2, 0.25) is 5.95 Å². The third-order valence-electron chi connectivity index (χ3n) is 3.32. The number of ether oxygens (including phenoxy) is 1. The number of carbonyl (C=O) groups is 1. The number of cyclic esters (lactones) is 1. The van der Waals surface area contributed by atoms with Gasteiger partial charge in [0.25, 0.3) is 0 Å². The lowest BCUT2D eigenvalue weighted by molar-refractivity contribution is 0.0963. The average molecular weight is 304 g/mol. The molecule has 1 aliphatic rings. The first-order chi connectivity index (χ1) is 10.6. The van der Waals surface area contributed by atoms with Crippen LogP contribution in [-0.2, 0) is 4.74 Å². The highest BCUT2D eigenvalue weighted by Gasteiger charge is 2.32. The van der Waals surface area contributed by atoms with E-state index < -0.39 is 18.0 Å². The summed E-state index contributed by atoms with van der Waals surface area (Å²) >= 11 is 0. The number of hydrogen-bond acceptors (Lipinski definition) is 6. The molecule has 1 aliphatic heterocycles. The molecule has 0 spiro atoms. The summed E-state index contributed by atoms with van der Waals surface area (Å²) in [7, 11) is 0. The normalized spacial score (nSPS) is 17.6. The highest BCUT2D eigenvalue weighted by molar-refractivity contribution is 5.90. The van der Waals surface area contributed by atoms with Crippen molar-refractivity contribution in [1.82, 2.24) is 9.97 Å². The Morgan fingerprint density at radius 3 is 2.73 bits per heavy atom. The van der Waals surface area contributed by atoms with Crippen LogP contribution in [0.5, 0.6) is 0 Å². The molecular formula is C14H13FN4O3. The highest BCUT2D eigenvalue weighted by atomic mass is 19.1. The lowest BCUT2D eigenvalue weighted by Crippen LogP contribution is -2.25. The predicted molar refractivity (Wildman–Crippen MR) is 76.5 cm³/mol. The predicted octanol–water partition coefficient (Wildman–Crippen LogP) is 1.18. The van der Waals surface area contributed by atoms with Gasteiger partial charge in [-0.15, -0.1) is 0 Å². The van der Waals surface area contributed by atoms with Gasteiger partial charge in [0.15, 0.2) is 0 Å². The van der Waals surface area contributed by atoms with Gasteiger partial charge in [0.1, 0.15) is 11.9 Å². The van der Waals surface area contributed by atoms with E-state index >= 15 is 0 Å². The first kappa shape index (κ1) is 14.2. The van der Waals surface area contributed by atoms with Gasteiger partial charge in [-0.3, -0.25) is 4.90 Å². The molecular weight excluding hydrogens is 291 g/mol. The van der Waals surface area contributed by atoms with E-state index in [4.69, 9.17) is 15.6 Å². The Labute approximate surface area is 125 Å². The second-order valence-electron chi connectivity index (χ2n) is 4.79. The lowest BCUT2D eigenvalue weighted by atomic mass is 10.1. The maximum absolute atomic E-state index is 14.3. The number of carbonyl (C=O) groups excluding carboxylic acids is 1. The van der Waals surface area contributed by atoms with Gasteiger partial charge in [-0.2, -0.15) is 0 Å². The largest absolute Gasteiger partial charge is 0.441 e. The van der Waals surface area contributed by atoms with Gasteiger partial charge in [-0.25, -0.2) is 19.2 Å².